The van der Waals surface area contributed by atoms with Crippen molar-refractivity contribution in [1.82, 2.24) is 0 Å². The van der Waals surface area contributed by atoms with Crippen molar-refractivity contribution in [2.45, 2.75) is 4.90 Å². The van der Waals surface area contributed by atoms with Crippen molar-refractivity contribution in [3.63, 3.8) is 0 Å². The molecule has 3 aromatic carbocycles. The summed E-state index contributed by atoms with van der Waals surface area (Å²) in [7, 11) is -4.25. The van der Waals surface area contributed by atoms with Crippen molar-refractivity contribution in [3.05, 3.63) is 81.8 Å². The molecule has 0 radical (unpaired) electrons. The maximum absolute atomic E-state index is 12.9. The van der Waals surface area contributed by atoms with Crippen LogP contribution in [0.25, 0.3) is 21.8 Å². The largest absolute Gasteiger partial charge is 0.710 e. The first-order valence-electron chi connectivity index (χ1n) is 8.22. The number of benzene rings is 3. The van der Waals surface area contributed by atoms with Crippen molar-refractivity contribution in [2.24, 2.45) is 0 Å². The molecule has 8 nitrogen and oxygen atoms in total. The summed E-state index contributed by atoms with van der Waals surface area (Å²) in [5.74, 6) is -0.689. The number of hydrogen-bond donors (Lipinski definition) is 1. The van der Waals surface area contributed by atoms with Crippen molar-refractivity contribution < 1.29 is 17.9 Å². The fourth-order valence-electron chi connectivity index (χ4n) is 2.97. The van der Waals surface area contributed by atoms with Gasteiger partial charge in [-0.05, 0) is 35.0 Å². The molecule has 0 bridgehead atoms. The Morgan fingerprint density at radius 3 is 2.38 bits per heavy atom. The molecule has 0 spiro atoms. The van der Waals surface area contributed by atoms with Gasteiger partial charge in [0.2, 0.25) is 5.52 Å². The van der Waals surface area contributed by atoms with Gasteiger partial charge in [-0.25, -0.2) is 4.73 Å². The molecule has 10 heteroatoms. The number of nitrogens with zero attached hydrogens (tertiary/aromatic N) is 3. The predicted octanol–water partition coefficient (Wildman–Crippen LogP) is 2.59. The van der Waals surface area contributed by atoms with E-state index in [4.69, 9.17) is 11.6 Å². The van der Waals surface area contributed by atoms with E-state index in [1.165, 1.54) is 30.3 Å². The Morgan fingerprint density at radius 1 is 0.931 bits per heavy atom. The Balaban J connectivity index is 1.89. The molecule has 0 atom stereocenters. The number of anilines is 1. The van der Waals surface area contributed by atoms with Gasteiger partial charge in [-0.1, -0.05) is 41.9 Å². The number of fused-ring (bicyclic) bond motifs is 2. The molecule has 144 valence electrons. The number of nitriles is 1. The zero-order valence-corrected chi connectivity index (χ0v) is 16.1. The van der Waals surface area contributed by atoms with Crippen LogP contribution in [0.4, 0.5) is 5.82 Å². The van der Waals surface area contributed by atoms with Crippen LogP contribution in [-0.2, 0) is 10.0 Å². The summed E-state index contributed by atoms with van der Waals surface area (Å²) in [5.41, 5.74) is -0.989. The maximum Gasteiger partial charge on any atom is 0.386 e. The molecule has 0 aliphatic rings. The second kappa shape index (κ2) is 6.77. The fraction of sp³-hybridized carbons (Fsp3) is 0. The Labute approximate surface area is 170 Å². The lowest BCUT2D eigenvalue weighted by atomic mass is 10.1. The summed E-state index contributed by atoms with van der Waals surface area (Å²) < 4.78 is 28.2. The van der Waals surface area contributed by atoms with Crippen LogP contribution in [0.5, 0.6) is 0 Å². The number of rotatable bonds is 3. The van der Waals surface area contributed by atoms with Crippen LogP contribution < -0.4 is 14.2 Å². The fourth-order valence-corrected chi connectivity index (χ4v) is 4.22. The number of aromatic nitrogens is 2. The third-order valence-corrected chi connectivity index (χ3v) is 5.95. The van der Waals surface area contributed by atoms with Gasteiger partial charge in [0.25, 0.3) is 5.52 Å². The van der Waals surface area contributed by atoms with Crippen LogP contribution in [0.2, 0.25) is 5.02 Å². The molecule has 0 fully saturated rings. The van der Waals surface area contributed by atoms with Gasteiger partial charge in [-0.2, -0.15) is 18.4 Å². The minimum absolute atomic E-state index is 0.117. The minimum atomic E-state index is -4.25. The smallest absolute Gasteiger partial charge is 0.386 e. The van der Waals surface area contributed by atoms with Gasteiger partial charge in [0.05, 0.1) is 0 Å². The molecule has 1 N–H and O–H groups in total. The molecule has 0 aliphatic carbocycles. The highest BCUT2D eigenvalue weighted by molar-refractivity contribution is 7.92. The zero-order chi connectivity index (χ0) is 20.8. The standard InChI is InChI=1S/C19H11ClN4O4S/c20-14-6-8-16-17(10-14)23(25)18(11-21)19(24(16)26)22-29(27,28)15-7-5-12-3-1-2-4-13(12)9-15/h1-10,22H. The molecule has 1 heterocycles. The lowest BCUT2D eigenvalue weighted by Gasteiger charge is -2.13. The second-order valence-electron chi connectivity index (χ2n) is 6.15. The van der Waals surface area contributed by atoms with E-state index in [0.717, 1.165) is 5.39 Å². The molecule has 0 unspecified atom stereocenters. The molecule has 4 aromatic rings. The molecular weight excluding hydrogens is 416 g/mol. The van der Waals surface area contributed by atoms with E-state index in [0.29, 0.717) is 5.39 Å². The maximum atomic E-state index is 12.9. The highest BCUT2D eigenvalue weighted by Crippen LogP contribution is 2.22. The van der Waals surface area contributed by atoms with Gasteiger partial charge < -0.3 is 10.4 Å². The lowest BCUT2D eigenvalue weighted by Crippen LogP contribution is -2.44. The van der Waals surface area contributed by atoms with E-state index in [-0.39, 0.29) is 30.4 Å². The van der Waals surface area contributed by atoms with Gasteiger partial charge in [0.15, 0.2) is 6.07 Å². The number of sulfonamides is 1. The Morgan fingerprint density at radius 2 is 1.66 bits per heavy atom. The van der Waals surface area contributed by atoms with Gasteiger partial charge in [-0.15, -0.1) is 4.73 Å². The monoisotopic (exact) mass is 426 g/mol. The van der Waals surface area contributed by atoms with Crippen molar-refractivity contribution >= 4 is 49.2 Å². The van der Waals surface area contributed by atoms with Crippen LogP contribution in [-0.4, -0.2) is 8.42 Å². The summed E-state index contributed by atoms with van der Waals surface area (Å²) in [4.78, 5) is -0.117. The van der Waals surface area contributed by atoms with Crippen molar-refractivity contribution in [1.29, 1.82) is 5.26 Å². The average molecular weight is 427 g/mol. The lowest BCUT2D eigenvalue weighted by molar-refractivity contribution is -0.620. The van der Waals surface area contributed by atoms with Gasteiger partial charge >= 0.3 is 21.5 Å². The molecule has 0 saturated heterocycles. The summed E-state index contributed by atoms with van der Waals surface area (Å²) in [6, 6.07) is 17.0. The van der Waals surface area contributed by atoms with E-state index < -0.39 is 21.5 Å². The topological polar surface area (TPSA) is 124 Å². The van der Waals surface area contributed by atoms with Crippen LogP contribution in [0.15, 0.2) is 65.6 Å². The average Bonchev–Trinajstić information content (AvgIpc) is 2.71. The molecular formula is C19H11ClN4O4S. The van der Waals surface area contributed by atoms with Crippen molar-refractivity contribution in [3.8, 4) is 6.07 Å². The first-order chi connectivity index (χ1) is 13.8. The number of hydrogen-bond acceptors (Lipinski definition) is 5. The van der Waals surface area contributed by atoms with Crippen LogP contribution in [0.1, 0.15) is 5.69 Å². The Kier molecular flexibility index (Phi) is 4.38. The van der Waals surface area contributed by atoms with Crippen LogP contribution in [0.3, 0.4) is 0 Å². The Bertz CT molecular complexity index is 1450. The summed E-state index contributed by atoms with van der Waals surface area (Å²) in [6.07, 6.45) is 0. The molecule has 1 aromatic heterocycles. The van der Waals surface area contributed by atoms with Crippen molar-refractivity contribution in [2.75, 3.05) is 4.72 Å². The molecule has 29 heavy (non-hydrogen) atoms. The van der Waals surface area contributed by atoms with E-state index >= 15 is 0 Å². The van der Waals surface area contributed by atoms with E-state index in [2.05, 4.69) is 4.72 Å². The number of nitrogens with one attached hydrogen (secondary N) is 1. The van der Waals surface area contributed by atoms with Crippen LogP contribution >= 0.6 is 11.6 Å². The highest BCUT2D eigenvalue weighted by Gasteiger charge is 2.32. The third-order valence-electron chi connectivity index (χ3n) is 4.37. The van der Waals surface area contributed by atoms with Crippen LogP contribution in [0, 0.1) is 21.7 Å². The van der Waals surface area contributed by atoms with E-state index in [1.54, 1.807) is 24.3 Å². The summed E-state index contributed by atoms with van der Waals surface area (Å²) in [5, 5.41) is 36.3. The van der Waals surface area contributed by atoms with E-state index in [9.17, 15) is 24.1 Å². The Hall–Kier alpha value is -3.61. The first kappa shape index (κ1) is 18.7. The van der Waals surface area contributed by atoms with Gasteiger partial charge in [0.1, 0.15) is 4.90 Å². The minimum Gasteiger partial charge on any atom is -0.710 e. The summed E-state index contributed by atoms with van der Waals surface area (Å²) in [6.45, 7) is 0. The second-order valence-corrected chi connectivity index (χ2v) is 8.26. The van der Waals surface area contributed by atoms with E-state index in [1.807, 2.05) is 12.1 Å². The SMILES string of the molecule is N#Cc1c(NS(=O)(=O)c2ccc3ccccc3c2)[n+]([O-])c2ccc(Cl)cc2[n+]1[O-]. The highest BCUT2D eigenvalue weighted by atomic mass is 35.5. The third kappa shape index (κ3) is 3.14. The van der Waals surface area contributed by atoms with Gasteiger partial charge in [-0.3, -0.25) is 0 Å². The number of halogens is 1. The molecule has 4 rings (SSSR count). The molecule has 0 aliphatic heterocycles. The molecule has 0 saturated carbocycles. The first-order valence-corrected chi connectivity index (χ1v) is 10.1. The zero-order valence-electron chi connectivity index (χ0n) is 14.5. The quantitative estimate of drug-likeness (QED) is 0.398. The normalized spacial score (nSPS) is 11.4. The summed E-state index contributed by atoms with van der Waals surface area (Å²) >= 11 is 5.85. The van der Waals surface area contributed by atoms with Gasteiger partial charge in [0, 0.05) is 11.1 Å². The predicted molar refractivity (Wildman–Crippen MR) is 106 cm³/mol. The molecule has 0 amide bonds.